The lowest BCUT2D eigenvalue weighted by molar-refractivity contribution is -0.143. The molecule has 3 aliphatic heterocycles. The van der Waals surface area contributed by atoms with Gasteiger partial charge < -0.3 is 70.3 Å². The Morgan fingerprint density at radius 3 is 2.10 bits per heavy atom. The maximum atomic E-state index is 13.9. The second-order valence-electron chi connectivity index (χ2n) is 22.4. The van der Waals surface area contributed by atoms with E-state index in [0.29, 0.717) is 40.9 Å². The van der Waals surface area contributed by atoms with Gasteiger partial charge in [-0.2, -0.15) is 13.2 Å². The van der Waals surface area contributed by atoms with Crippen LogP contribution < -0.4 is 27.0 Å². The van der Waals surface area contributed by atoms with Crippen molar-refractivity contribution in [3.8, 4) is 0 Å². The fourth-order valence-electron chi connectivity index (χ4n) is 10.6. The number of nitrogens with one attached hydrogen (secondary N) is 4. The number of hydrogen-bond acceptors (Lipinski definition) is 17. The third-order valence-electron chi connectivity index (χ3n) is 15.5. The Balaban J connectivity index is 0.802. The summed E-state index contributed by atoms with van der Waals surface area (Å²) in [5.74, 6) is -4.78. The molecule has 0 saturated carbocycles. The Morgan fingerprint density at radius 1 is 0.813 bits per heavy atom. The molecule has 29 nitrogen and oxygen atoms in total. The molecular weight excluding hydrogens is 1200 g/mol. The molecule has 2 fully saturated rings. The first-order valence-electron chi connectivity index (χ1n) is 29.9. The summed E-state index contributed by atoms with van der Waals surface area (Å²) >= 11 is 0. The lowest BCUT2D eigenvalue weighted by atomic mass is 9.91. The van der Waals surface area contributed by atoms with Gasteiger partial charge in [0.1, 0.15) is 31.3 Å². The molecule has 2 saturated heterocycles. The maximum Gasteiger partial charge on any atom is 0.409 e. The Labute approximate surface area is 522 Å². The Morgan fingerprint density at radius 2 is 1.46 bits per heavy atom. The van der Waals surface area contributed by atoms with Gasteiger partial charge in [-0.25, -0.2) is 24.4 Å². The van der Waals surface area contributed by atoms with Crippen molar-refractivity contribution in [3.05, 3.63) is 72.3 Å². The predicted octanol–water partition coefficient (Wildman–Crippen LogP) is 2.36. The van der Waals surface area contributed by atoms with Crippen LogP contribution in [0.4, 0.5) is 33.2 Å². The minimum atomic E-state index is -4.55. The minimum absolute atomic E-state index is 0.0276. The Bertz CT molecular complexity index is 3250. The number of imide groups is 1. The summed E-state index contributed by atoms with van der Waals surface area (Å²) in [6.07, 6.45) is 2.56. The van der Waals surface area contributed by atoms with Crippen molar-refractivity contribution in [2.45, 2.75) is 89.7 Å². The van der Waals surface area contributed by atoms with Crippen LogP contribution in [0.25, 0.3) is 16.8 Å². The quantitative estimate of drug-likeness (QED) is 0.0346. The van der Waals surface area contributed by atoms with Crippen molar-refractivity contribution in [1.82, 2.24) is 59.4 Å². The van der Waals surface area contributed by atoms with Crippen LogP contribution in [0, 0.1) is 11.8 Å². The first kappa shape index (κ1) is 69.7. The fraction of sp³-hybridized carbons (Fsp3) is 0.559. The topological polar surface area (TPSA) is 342 Å². The van der Waals surface area contributed by atoms with Gasteiger partial charge in [0, 0.05) is 95.1 Å². The van der Waals surface area contributed by atoms with Crippen molar-refractivity contribution < 1.29 is 84.8 Å². The Kier molecular flexibility index (Phi) is 25.2. The van der Waals surface area contributed by atoms with Gasteiger partial charge in [-0.15, -0.1) is 0 Å². The highest BCUT2D eigenvalue weighted by molar-refractivity contribution is 6.12. The molecule has 11 amide bonds. The molecular formula is C59H79F3N14O15. The zero-order valence-corrected chi connectivity index (χ0v) is 51.4. The molecule has 7 rings (SSSR count). The molecule has 0 aliphatic carbocycles. The van der Waals surface area contributed by atoms with Gasteiger partial charge in [0.15, 0.2) is 11.3 Å². The normalized spacial score (nSPS) is 17.2. The number of primary amides is 1. The summed E-state index contributed by atoms with van der Waals surface area (Å²) in [5, 5.41) is 10.1. The van der Waals surface area contributed by atoms with E-state index in [1.54, 1.807) is 63.6 Å². The number of halogens is 3. The summed E-state index contributed by atoms with van der Waals surface area (Å²) in [5.41, 5.74) is 8.50. The number of nitrogens with zero attached hydrogens (tertiary/aromatic N) is 9. The van der Waals surface area contributed by atoms with Crippen LogP contribution in [0.15, 0.2) is 61.1 Å². The molecule has 91 heavy (non-hydrogen) atoms. The van der Waals surface area contributed by atoms with E-state index in [0.717, 1.165) is 10.6 Å². The van der Waals surface area contributed by atoms with E-state index in [1.807, 2.05) is 16.6 Å². The zero-order chi connectivity index (χ0) is 65.9. The number of alkyl halides is 3. The van der Waals surface area contributed by atoms with E-state index in [4.69, 9.17) is 29.4 Å². The van der Waals surface area contributed by atoms with Crippen LogP contribution in [-0.4, -0.2) is 240 Å². The minimum Gasteiger partial charge on any atom is -0.445 e. The highest BCUT2D eigenvalue weighted by Crippen LogP contribution is 2.36. The molecule has 3 aromatic heterocycles. The number of likely N-dealkylation sites (tertiary alicyclic amines) is 2. The van der Waals surface area contributed by atoms with E-state index in [-0.39, 0.29) is 135 Å². The number of fused-ring (bicyclic) bond motifs is 3. The molecule has 4 aromatic rings. The summed E-state index contributed by atoms with van der Waals surface area (Å²) in [4.78, 5) is 145. The number of amides is 11. The summed E-state index contributed by atoms with van der Waals surface area (Å²) in [7, 11) is 3.08. The first-order valence-corrected chi connectivity index (χ1v) is 29.9. The van der Waals surface area contributed by atoms with Gasteiger partial charge in [-0.3, -0.25) is 47.4 Å². The number of rotatable bonds is 32. The number of aromatic nitrogens is 4. The predicted molar refractivity (Wildman–Crippen MR) is 318 cm³/mol. The number of carbonyl (C=O) groups excluding carboxylic acids is 10. The number of likely N-dealkylation sites (N-methyl/N-ethyl adjacent to an activating group) is 2. The summed E-state index contributed by atoms with van der Waals surface area (Å²) in [6.45, 7) is 6.35. The third-order valence-corrected chi connectivity index (χ3v) is 15.5. The average Bonchev–Trinajstić information content (AvgIpc) is 1.62. The number of nitrogens with two attached hydrogens (primary N) is 1. The molecule has 6 N–H and O–H groups in total. The van der Waals surface area contributed by atoms with Crippen LogP contribution in [0.3, 0.4) is 0 Å². The highest BCUT2D eigenvalue weighted by Gasteiger charge is 2.41. The molecule has 0 spiro atoms. The summed E-state index contributed by atoms with van der Waals surface area (Å²) < 4.78 is 69.1. The van der Waals surface area contributed by atoms with Crippen LogP contribution in [0.5, 0.6) is 0 Å². The van der Waals surface area contributed by atoms with Crippen molar-refractivity contribution in [1.29, 1.82) is 0 Å². The molecule has 496 valence electrons. The van der Waals surface area contributed by atoms with Crippen LogP contribution in [0.2, 0.25) is 0 Å². The summed E-state index contributed by atoms with van der Waals surface area (Å²) in [6, 6.07) is 3.50. The molecule has 0 bridgehead atoms. The molecule has 6 heterocycles. The fourth-order valence-corrected chi connectivity index (χ4v) is 10.6. The monoisotopic (exact) mass is 1280 g/mol. The van der Waals surface area contributed by atoms with Crippen molar-refractivity contribution in [3.63, 3.8) is 0 Å². The number of imidazole rings is 1. The number of carbonyl (C=O) groups is 10. The molecule has 0 radical (unpaired) electrons. The largest absolute Gasteiger partial charge is 0.445 e. The first-order chi connectivity index (χ1) is 43.4. The van der Waals surface area contributed by atoms with Gasteiger partial charge in [0.05, 0.1) is 77.5 Å². The van der Waals surface area contributed by atoms with Gasteiger partial charge in [0.2, 0.25) is 29.5 Å². The van der Waals surface area contributed by atoms with Crippen LogP contribution in [0.1, 0.15) is 70.1 Å². The van der Waals surface area contributed by atoms with E-state index in [2.05, 4.69) is 25.9 Å². The number of ether oxygens (including phenoxy) is 5. The van der Waals surface area contributed by atoms with Crippen LogP contribution >= 0.6 is 0 Å². The van der Waals surface area contributed by atoms with Crippen molar-refractivity contribution >= 4 is 82.0 Å². The SMILES string of the molecule is CC[C@@H]1CN(C(=O)NCC(F)(F)F)C[C@@H]1c1cnc2cnc3c(ccn3C(=O)N(C)CCN(C)C(=O)OCc3ccc(NC(=O)[C@@H](NC(=O)[C@@H]4CCCN4C(=O)C(CC(N)=O)NC(=O)CCOCCOCCOCCOCCN4C(=O)C=CC4=O)C(C)C)cc3)n12. The van der Waals surface area contributed by atoms with Crippen molar-refractivity contribution in [2.24, 2.45) is 17.6 Å². The zero-order valence-electron chi connectivity index (χ0n) is 51.4. The van der Waals surface area contributed by atoms with E-state index < -0.39 is 90.9 Å². The lowest BCUT2D eigenvalue weighted by Gasteiger charge is -2.30. The number of urea groups is 1. The number of benzene rings is 1. The van der Waals surface area contributed by atoms with Gasteiger partial charge in [0.25, 0.3) is 11.8 Å². The molecule has 32 heteroatoms. The third kappa shape index (κ3) is 19.4. The highest BCUT2D eigenvalue weighted by atomic mass is 19.4. The number of hydrogen-bond donors (Lipinski definition) is 5. The second kappa shape index (κ2) is 32.8. The Hall–Kier alpha value is -8.75. The van der Waals surface area contributed by atoms with Gasteiger partial charge >= 0.3 is 24.3 Å². The van der Waals surface area contributed by atoms with Crippen LogP contribution in [-0.2, 0) is 63.9 Å². The maximum absolute atomic E-state index is 13.9. The van der Waals surface area contributed by atoms with Gasteiger partial charge in [-0.05, 0) is 48.4 Å². The standard InChI is InChI=1S/C59H79F3N14O15/c1-6-39-33-72(56(84)66-36-59(60,61)62)34-41(39)45-31-64-47-32-65-52-43(76(45)47)15-18-75(52)57(85)70(4)19-20-71(5)58(86)91-35-38-9-11-40(12-10-38)67-54(82)51(37(2)3)69-53(81)44-8-7-17-73(44)55(83)42(30-46(63)77)68-48(78)16-22-87-24-26-89-28-29-90-27-25-88-23-21-74-49(79)13-14-50(74)80/h9-15,18,31-32,37,39,41-42,44,51H,6-8,16-17,19-30,33-36H2,1-5H3,(H2,63,77)(H,66,84)(H,67,82)(H,68,78)(H,69,81)/t39-,41+,42?,44+,51+/m1/s1. The second-order valence-corrected chi connectivity index (χ2v) is 22.4. The molecule has 1 aromatic carbocycles. The van der Waals surface area contributed by atoms with E-state index >= 15 is 0 Å². The van der Waals surface area contributed by atoms with E-state index in [9.17, 15) is 61.1 Å². The smallest absolute Gasteiger partial charge is 0.409 e. The molecule has 3 aliphatic rings. The average molecular weight is 1280 g/mol. The number of anilines is 1. The van der Waals surface area contributed by atoms with Crippen molar-refractivity contribution in [2.75, 3.05) is 118 Å². The molecule has 1 unspecified atom stereocenters. The van der Waals surface area contributed by atoms with Gasteiger partial charge in [-0.1, -0.05) is 39.3 Å². The lowest BCUT2D eigenvalue weighted by Crippen LogP contribution is -2.57. The molecule has 5 atom stereocenters. The van der Waals surface area contributed by atoms with E-state index in [1.165, 1.54) is 49.6 Å².